The summed E-state index contributed by atoms with van der Waals surface area (Å²) < 4.78 is 10.6. The van der Waals surface area contributed by atoms with Gasteiger partial charge in [0.1, 0.15) is 12.2 Å². The van der Waals surface area contributed by atoms with Crippen molar-refractivity contribution in [3.8, 4) is 0 Å². The molecule has 0 saturated carbocycles. The first-order valence-corrected chi connectivity index (χ1v) is 5.98. The van der Waals surface area contributed by atoms with Crippen molar-refractivity contribution in [3.05, 3.63) is 35.9 Å². The van der Waals surface area contributed by atoms with Crippen molar-refractivity contribution >= 4 is 0 Å². The van der Waals surface area contributed by atoms with Gasteiger partial charge in [0.15, 0.2) is 6.29 Å². The first-order chi connectivity index (χ1) is 8.70. The Morgan fingerprint density at radius 1 is 1.22 bits per heavy atom. The maximum absolute atomic E-state index is 9.90. The Labute approximate surface area is 106 Å². The minimum absolute atomic E-state index is 0.199. The summed E-state index contributed by atoms with van der Waals surface area (Å²) >= 11 is 0. The first kappa shape index (κ1) is 13.5. The van der Waals surface area contributed by atoms with Gasteiger partial charge in [-0.25, -0.2) is 0 Å². The summed E-state index contributed by atoms with van der Waals surface area (Å²) in [5, 5.41) is 28.4. The van der Waals surface area contributed by atoms with Crippen molar-refractivity contribution in [2.45, 2.75) is 37.6 Å². The summed E-state index contributed by atoms with van der Waals surface area (Å²) in [6.07, 6.45) is -3.07. The van der Waals surface area contributed by atoms with Gasteiger partial charge in [0, 0.05) is 6.42 Å². The van der Waals surface area contributed by atoms with E-state index in [2.05, 4.69) is 0 Å². The van der Waals surface area contributed by atoms with Crippen LogP contribution in [-0.4, -0.2) is 46.5 Å². The average molecular weight is 254 g/mol. The molecule has 0 radical (unpaired) electrons. The molecule has 0 spiro atoms. The van der Waals surface area contributed by atoms with Crippen LogP contribution in [0.3, 0.4) is 0 Å². The molecule has 0 aliphatic carbocycles. The van der Waals surface area contributed by atoms with Crippen LogP contribution in [0.4, 0.5) is 0 Å². The monoisotopic (exact) mass is 254 g/mol. The van der Waals surface area contributed by atoms with E-state index < -0.39 is 24.6 Å². The molecule has 1 aliphatic heterocycles. The summed E-state index contributed by atoms with van der Waals surface area (Å²) in [5.74, 6) is 0. The van der Waals surface area contributed by atoms with Crippen LogP contribution in [0.15, 0.2) is 30.3 Å². The summed E-state index contributed by atoms with van der Waals surface area (Å²) in [5.41, 5.74) is 0.992. The molecule has 0 unspecified atom stereocenters. The zero-order valence-corrected chi connectivity index (χ0v) is 9.98. The van der Waals surface area contributed by atoms with E-state index in [9.17, 15) is 10.2 Å². The van der Waals surface area contributed by atoms with Crippen molar-refractivity contribution in [2.24, 2.45) is 0 Å². The third kappa shape index (κ3) is 3.28. The smallest absolute Gasteiger partial charge is 0.157 e. The Kier molecular flexibility index (Phi) is 4.68. The van der Waals surface area contributed by atoms with E-state index in [-0.39, 0.29) is 13.0 Å². The second kappa shape index (κ2) is 6.26. The molecule has 0 amide bonds. The van der Waals surface area contributed by atoms with E-state index in [1.54, 1.807) is 0 Å². The largest absolute Gasteiger partial charge is 0.394 e. The topological polar surface area (TPSA) is 79.2 Å². The number of hydrogen-bond donors (Lipinski definition) is 3. The zero-order chi connectivity index (χ0) is 13.0. The van der Waals surface area contributed by atoms with Gasteiger partial charge in [-0.2, -0.15) is 0 Å². The minimum atomic E-state index is -1.01. The number of ether oxygens (including phenoxy) is 2. The number of aliphatic hydroxyl groups excluding tert-OH is 3. The van der Waals surface area contributed by atoms with Gasteiger partial charge < -0.3 is 24.8 Å². The zero-order valence-electron chi connectivity index (χ0n) is 9.98. The Morgan fingerprint density at radius 2 is 1.94 bits per heavy atom. The average Bonchev–Trinajstić information content (AvgIpc) is 2.40. The Hall–Kier alpha value is -0.980. The van der Waals surface area contributed by atoms with Crippen LogP contribution in [0.2, 0.25) is 0 Å². The lowest BCUT2D eigenvalue weighted by Gasteiger charge is -2.36. The van der Waals surface area contributed by atoms with E-state index >= 15 is 0 Å². The third-order valence-electron chi connectivity index (χ3n) is 3.01. The summed E-state index contributed by atoms with van der Waals surface area (Å²) in [7, 11) is 0. The molecule has 4 atom stereocenters. The second-order valence-electron chi connectivity index (χ2n) is 4.37. The maximum atomic E-state index is 9.90. The fraction of sp³-hybridized carbons (Fsp3) is 0.538. The third-order valence-corrected chi connectivity index (χ3v) is 3.01. The van der Waals surface area contributed by atoms with Crippen LogP contribution in [0.1, 0.15) is 12.0 Å². The molecular formula is C13H18O5. The van der Waals surface area contributed by atoms with Gasteiger partial charge in [0.2, 0.25) is 0 Å². The standard InChI is InChI=1S/C13H18O5/c14-7-11-13(16)10(6-12(15)18-11)17-8-9-4-2-1-3-5-9/h1-5,10-16H,6-8H2/t10-,11-,12+,13+/m1/s1. The van der Waals surface area contributed by atoms with Crippen molar-refractivity contribution < 1.29 is 24.8 Å². The van der Waals surface area contributed by atoms with E-state index in [1.807, 2.05) is 30.3 Å². The van der Waals surface area contributed by atoms with Gasteiger partial charge in [-0.1, -0.05) is 30.3 Å². The Balaban J connectivity index is 1.91. The number of rotatable bonds is 4. The molecule has 1 saturated heterocycles. The lowest BCUT2D eigenvalue weighted by molar-refractivity contribution is -0.249. The highest BCUT2D eigenvalue weighted by Crippen LogP contribution is 2.22. The molecule has 1 aliphatic rings. The summed E-state index contributed by atoms with van der Waals surface area (Å²) in [6, 6.07) is 9.57. The van der Waals surface area contributed by atoms with Gasteiger partial charge in [-0.05, 0) is 5.56 Å². The van der Waals surface area contributed by atoms with Crippen LogP contribution >= 0.6 is 0 Å². The number of hydrogen-bond acceptors (Lipinski definition) is 5. The predicted molar refractivity (Wildman–Crippen MR) is 63.6 cm³/mol. The van der Waals surface area contributed by atoms with Crippen LogP contribution in [0.5, 0.6) is 0 Å². The quantitative estimate of drug-likeness (QED) is 0.706. The molecule has 1 fully saturated rings. The van der Waals surface area contributed by atoms with Gasteiger partial charge in [0.05, 0.1) is 19.3 Å². The SMILES string of the molecule is OC[C@H]1O[C@H](O)C[C@@H](OCc2ccccc2)[C@@H]1O. The molecule has 3 N–H and O–H groups in total. The molecule has 5 nitrogen and oxygen atoms in total. The van der Waals surface area contributed by atoms with Crippen molar-refractivity contribution in [3.63, 3.8) is 0 Å². The summed E-state index contributed by atoms with van der Waals surface area (Å²) in [4.78, 5) is 0. The highest BCUT2D eigenvalue weighted by Gasteiger charge is 2.37. The molecule has 0 bridgehead atoms. The number of aliphatic hydroxyl groups is 3. The second-order valence-corrected chi connectivity index (χ2v) is 4.37. The molecule has 1 aromatic carbocycles. The summed E-state index contributed by atoms with van der Waals surface area (Å²) in [6.45, 7) is 0.0108. The first-order valence-electron chi connectivity index (χ1n) is 5.98. The Morgan fingerprint density at radius 3 is 2.61 bits per heavy atom. The van der Waals surface area contributed by atoms with Gasteiger partial charge in [-0.3, -0.25) is 0 Å². The minimum Gasteiger partial charge on any atom is -0.394 e. The normalized spacial score (nSPS) is 32.4. The van der Waals surface area contributed by atoms with Crippen LogP contribution in [-0.2, 0) is 16.1 Å². The van der Waals surface area contributed by atoms with Crippen molar-refractivity contribution in [1.82, 2.24) is 0 Å². The molecule has 1 heterocycles. The van der Waals surface area contributed by atoms with Crippen LogP contribution < -0.4 is 0 Å². The molecule has 1 aromatic rings. The van der Waals surface area contributed by atoms with E-state index in [4.69, 9.17) is 14.6 Å². The van der Waals surface area contributed by atoms with Crippen molar-refractivity contribution in [1.29, 1.82) is 0 Å². The molecular weight excluding hydrogens is 236 g/mol. The highest BCUT2D eigenvalue weighted by atomic mass is 16.6. The maximum Gasteiger partial charge on any atom is 0.157 e. The lowest BCUT2D eigenvalue weighted by Crippen LogP contribution is -2.50. The van der Waals surface area contributed by atoms with Gasteiger partial charge in [-0.15, -0.1) is 0 Å². The van der Waals surface area contributed by atoms with E-state index in [0.717, 1.165) is 5.56 Å². The van der Waals surface area contributed by atoms with Gasteiger partial charge >= 0.3 is 0 Å². The molecule has 5 heteroatoms. The predicted octanol–water partition coefficient (Wildman–Crippen LogP) is 0.0323. The molecule has 2 rings (SSSR count). The van der Waals surface area contributed by atoms with Crippen molar-refractivity contribution in [2.75, 3.05) is 6.61 Å². The highest BCUT2D eigenvalue weighted by molar-refractivity contribution is 5.13. The molecule has 100 valence electrons. The number of benzene rings is 1. The van der Waals surface area contributed by atoms with E-state index in [0.29, 0.717) is 6.61 Å². The van der Waals surface area contributed by atoms with Crippen LogP contribution in [0.25, 0.3) is 0 Å². The molecule has 18 heavy (non-hydrogen) atoms. The molecule has 0 aromatic heterocycles. The fourth-order valence-corrected chi connectivity index (χ4v) is 2.01. The van der Waals surface area contributed by atoms with E-state index in [1.165, 1.54) is 0 Å². The fourth-order valence-electron chi connectivity index (χ4n) is 2.01. The lowest BCUT2D eigenvalue weighted by atomic mass is 10.0. The Bertz CT molecular complexity index is 356. The van der Waals surface area contributed by atoms with Gasteiger partial charge in [0.25, 0.3) is 0 Å². The van der Waals surface area contributed by atoms with Crippen LogP contribution in [0, 0.1) is 0 Å².